The quantitative estimate of drug-likeness (QED) is 0.876. The summed E-state index contributed by atoms with van der Waals surface area (Å²) in [6.07, 6.45) is 7.09. The van der Waals surface area contributed by atoms with E-state index in [9.17, 15) is 5.11 Å². The summed E-state index contributed by atoms with van der Waals surface area (Å²) in [5.41, 5.74) is 3.08. The van der Waals surface area contributed by atoms with Crippen LogP contribution in [0.1, 0.15) is 43.2 Å². The van der Waals surface area contributed by atoms with Gasteiger partial charge >= 0.3 is 0 Å². The molecule has 3 heteroatoms. The second-order valence-electron chi connectivity index (χ2n) is 3.73. The summed E-state index contributed by atoms with van der Waals surface area (Å²) in [5.74, 6) is 0. The molecule has 1 N–H and O–H groups in total. The summed E-state index contributed by atoms with van der Waals surface area (Å²) in [6, 6.07) is 2.09. The van der Waals surface area contributed by atoms with Crippen LogP contribution in [0.3, 0.4) is 0 Å². The highest BCUT2D eigenvalue weighted by Gasteiger charge is 2.21. The van der Waals surface area contributed by atoms with Gasteiger partial charge in [-0.05, 0) is 30.0 Å². The maximum atomic E-state index is 9.59. The van der Waals surface area contributed by atoms with Crippen molar-refractivity contribution in [2.45, 2.75) is 32.8 Å². The number of aliphatic hydroxyl groups excluding tert-OH is 1. The first-order valence-electron chi connectivity index (χ1n) is 6.13. The van der Waals surface area contributed by atoms with E-state index in [1.54, 1.807) is 13.3 Å². The van der Waals surface area contributed by atoms with Crippen molar-refractivity contribution in [2.24, 2.45) is 0 Å². The molecular formula is C14H21NO2. The van der Waals surface area contributed by atoms with E-state index in [1.807, 2.05) is 26.0 Å². The maximum Gasteiger partial charge on any atom is 0.0965 e. The Morgan fingerprint density at radius 3 is 3.00 bits per heavy atom. The van der Waals surface area contributed by atoms with E-state index in [0.717, 1.165) is 24.1 Å². The van der Waals surface area contributed by atoms with Gasteiger partial charge in [0.05, 0.1) is 18.4 Å². The van der Waals surface area contributed by atoms with E-state index >= 15 is 0 Å². The average Bonchev–Trinajstić information content (AvgIpc) is 2.74. The summed E-state index contributed by atoms with van der Waals surface area (Å²) in [5, 5.41) is 9.59. The zero-order chi connectivity index (χ0) is 12.7. The van der Waals surface area contributed by atoms with Gasteiger partial charge in [0.15, 0.2) is 0 Å². The van der Waals surface area contributed by atoms with E-state index < -0.39 is 0 Å². The molecule has 1 aliphatic rings. The molecule has 17 heavy (non-hydrogen) atoms. The number of ether oxygens (including phenoxy) is 1. The second kappa shape index (κ2) is 7.20. The Kier molecular flexibility index (Phi) is 5.87. The average molecular weight is 235 g/mol. The number of methoxy groups -OCH3 is 1. The van der Waals surface area contributed by atoms with Crippen molar-refractivity contribution >= 4 is 6.08 Å². The van der Waals surface area contributed by atoms with Gasteiger partial charge in [-0.25, -0.2) is 0 Å². The van der Waals surface area contributed by atoms with E-state index in [4.69, 9.17) is 4.74 Å². The minimum atomic E-state index is -0.364. The van der Waals surface area contributed by atoms with E-state index in [-0.39, 0.29) is 6.10 Å². The van der Waals surface area contributed by atoms with Crippen LogP contribution >= 0.6 is 0 Å². The molecule has 1 aromatic rings. The standard InChI is InChI=1S/C12H15NO2.C2H6/c1-15-6-2-3-9-7-10-4-5-11(14)12(10)13-8-9;1-2/h2-3,7-8,11,14H,4-6H2,1H3;1-2H3/b3-2+;. The highest BCUT2D eigenvalue weighted by molar-refractivity contribution is 5.50. The van der Waals surface area contributed by atoms with Gasteiger partial charge in [0.2, 0.25) is 0 Å². The number of aryl methyl sites for hydroxylation is 1. The molecular weight excluding hydrogens is 214 g/mol. The fraction of sp³-hybridized carbons (Fsp3) is 0.500. The van der Waals surface area contributed by atoms with Crippen LogP contribution in [-0.4, -0.2) is 23.8 Å². The number of fused-ring (bicyclic) bond motifs is 1. The van der Waals surface area contributed by atoms with Crippen molar-refractivity contribution in [3.8, 4) is 0 Å². The number of aliphatic hydroxyl groups is 1. The lowest BCUT2D eigenvalue weighted by molar-refractivity contribution is 0.176. The molecule has 1 heterocycles. The van der Waals surface area contributed by atoms with Crippen molar-refractivity contribution in [1.82, 2.24) is 4.98 Å². The van der Waals surface area contributed by atoms with Gasteiger partial charge < -0.3 is 9.84 Å². The first-order chi connectivity index (χ1) is 8.31. The summed E-state index contributed by atoms with van der Waals surface area (Å²) < 4.78 is 4.93. The molecule has 0 aromatic carbocycles. The molecule has 0 aliphatic heterocycles. The molecule has 2 rings (SSSR count). The molecule has 1 aliphatic carbocycles. The zero-order valence-corrected chi connectivity index (χ0v) is 10.8. The molecule has 3 nitrogen and oxygen atoms in total. The monoisotopic (exact) mass is 235 g/mol. The Bertz CT molecular complexity index is 374. The van der Waals surface area contributed by atoms with Gasteiger partial charge in [0.1, 0.15) is 0 Å². The highest BCUT2D eigenvalue weighted by Crippen LogP contribution is 2.29. The van der Waals surface area contributed by atoms with Crippen LogP contribution < -0.4 is 0 Å². The molecule has 0 spiro atoms. The van der Waals surface area contributed by atoms with Gasteiger partial charge in [-0.15, -0.1) is 0 Å². The lowest BCUT2D eigenvalue weighted by Gasteiger charge is -2.02. The van der Waals surface area contributed by atoms with E-state index in [2.05, 4.69) is 11.1 Å². The molecule has 94 valence electrons. The van der Waals surface area contributed by atoms with Crippen LogP contribution in [-0.2, 0) is 11.2 Å². The second-order valence-corrected chi connectivity index (χ2v) is 3.73. The zero-order valence-electron chi connectivity index (χ0n) is 10.8. The predicted molar refractivity (Wildman–Crippen MR) is 69.8 cm³/mol. The van der Waals surface area contributed by atoms with Gasteiger partial charge in [-0.3, -0.25) is 4.98 Å². The van der Waals surface area contributed by atoms with Gasteiger partial charge in [0, 0.05) is 13.3 Å². The summed E-state index contributed by atoms with van der Waals surface area (Å²) in [6.45, 7) is 4.61. The minimum Gasteiger partial charge on any atom is -0.387 e. The van der Waals surface area contributed by atoms with E-state index in [0.29, 0.717) is 6.61 Å². The van der Waals surface area contributed by atoms with Gasteiger partial charge in [-0.2, -0.15) is 0 Å². The maximum absolute atomic E-state index is 9.59. The number of aromatic nitrogens is 1. The van der Waals surface area contributed by atoms with Crippen molar-refractivity contribution < 1.29 is 9.84 Å². The van der Waals surface area contributed by atoms with Crippen LogP contribution in [0.2, 0.25) is 0 Å². The van der Waals surface area contributed by atoms with Gasteiger partial charge in [-0.1, -0.05) is 26.0 Å². The molecule has 1 aromatic heterocycles. The van der Waals surface area contributed by atoms with Crippen molar-refractivity contribution in [1.29, 1.82) is 0 Å². The first-order valence-corrected chi connectivity index (χ1v) is 6.13. The predicted octanol–water partition coefficient (Wildman–Crippen LogP) is 2.75. The van der Waals surface area contributed by atoms with Crippen LogP contribution in [0, 0.1) is 0 Å². The van der Waals surface area contributed by atoms with Crippen LogP contribution in [0.15, 0.2) is 18.3 Å². The smallest absolute Gasteiger partial charge is 0.0965 e. The normalized spacial score (nSPS) is 17.8. The van der Waals surface area contributed by atoms with Crippen LogP contribution in [0.5, 0.6) is 0 Å². The molecule has 1 atom stereocenters. The van der Waals surface area contributed by atoms with E-state index in [1.165, 1.54) is 5.56 Å². The van der Waals surface area contributed by atoms with Crippen LogP contribution in [0.4, 0.5) is 0 Å². The molecule has 1 unspecified atom stereocenters. The van der Waals surface area contributed by atoms with Crippen molar-refractivity contribution in [2.75, 3.05) is 13.7 Å². The Labute approximate surface area is 103 Å². The molecule has 0 saturated heterocycles. The van der Waals surface area contributed by atoms with Crippen molar-refractivity contribution in [3.63, 3.8) is 0 Å². The molecule has 0 bridgehead atoms. The van der Waals surface area contributed by atoms with Gasteiger partial charge in [0.25, 0.3) is 0 Å². The Balaban J connectivity index is 0.000000686. The number of hydrogen-bond acceptors (Lipinski definition) is 3. The molecule has 0 fully saturated rings. The number of hydrogen-bond donors (Lipinski definition) is 1. The summed E-state index contributed by atoms with van der Waals surface area (Å²) in [7, 11) is 1.67. The third-order valence-electron chi connectivity index (χ3n) is 2.60. The van der Waals surface area contributed by atoms with Crippen LogP contribution in [0.25, 0.3) is 6.08 Å². The summed E-state index contributed by atoms with van der Waals surface area (Å²) >= 11 is 0. The van der Waals surface area contributed by atoms with Crippen molar-refractivity contribution in [3.05, 3.63) is 35.2 Å². The number of rotatable bonds is 3. The Hall–Kier alpha value is -1.19. The summed E-state index contributed by atoms with van der Waals surface area (Å²) in [4.78, 5) is 4.28. The number of nitrogens with zero attached hydrogens (tertiary/aromatic N) is 1. The first kappa shape index (κ1) is 13.9. The largest absolute Gasteiger partial charge is 0.387 e. The Morgan fingerprint density at radius 1 is 1.53 bits per heavy atom. The fourth-order valence-corrected chi connectivity index (χ4v) is 1.84. The Morgan fingerprint density at radius 2 is 2.29 bits per heavy atom. The molecule has 0 saturated carbocycles. The lowest BCUT2D eigenvalue weighted by Crippen LogP contribution is -1.94. The fourth-order valence-electron chi connectivity index (χ4n) is 1.84. The third kappa shape index (κ3) is 3.65. The minimum absolute atomic E-state index is 0.364. The third-order valence-corrected chi connectivity index (χ3v) is 2.60. The lowest BCUT2D eigenvalue weighted by atomic mass is 10.1. The highest BCUT2D eigenvalue weighted by atomic mass is 16.5. The molecule has 0 amide bonds. The topological polar surface area (TPSA) is 42.4 Å². The number of pyridine rings is 1. The SMILES string of the molecule is CC.COC/C=C/c1cnc2c(c1)CCC2O. The molecule has 0 radical (unpaired) electrons.